The Labute approximate surface area is 147 Å². The van der Waals surface area contributed by atoms with E-state index in [2.05, 4.69) is 5.32 Å². The lowest BCUT2D eigenvalue weighted by atomic mass is 9.90. The van der Waals surface area contributed by atoms with Gasteiger partial charge in [-0.15, -0.1) is 0 Å². The van der Waals surface area contributed by atoms with Gasteiger partial charge in [0, 0.05) is 32.6 Å². The van der Waals surface area contributed by atoms with Crippen LogP contribution >= 0.6 is 0 Å². The summed E-state index contributed by atoms with van der Waals surface area (Å²) in [6.45, 7) is 3.54. The minimum atomic E-state index is -0.662. The molecule has 8 heteroatoms. The zero-order chi connectivity index (χ0) is 18.2. The number of nitrogens with two attached hydrogens (primary N) is 1. The fourth-order valence-electron chi connectivity index (χ4n) is 3.96. The number of nitrogens with zero attached hydrogens (tertiary/aromatic N) is 2. The first kappa shape index (κ1) is 18.1. The molecule has 1 spiro atoms. The molecule has 0 radical (unpaired) electrons. The summed E-state index contributed by atoms with van der Waals surface area (Å²) in [6.07, 6.45) is 3.37. The number of piperidine rings is 1. The van der Waals surface area contributed by atoms with E-state index in [0.29, 0.717) is 39.0 Å². The van der Waals surface area contributed by atoms with Crippen molar-refractivity contribution in [3.8, 4) is 0 Å². The third-order valence-electron chi connectivity index (χ3n) is 5.99. The predicted molar refractivity (Wildman–Crippen MR) is 90.3 cm³/mol. The molecular formula is C17H28N4O4. The molecule has 3 amide bonds. The average molecular weight is 352 g/mol. The molecule has 8 nitrogen and oxygen atoms in total. The molecule has 0 aromatic carbocycles. The van der Waals surface area contributed by atoms with E-state index in [0.717, 1.165) is 19.3 Å². The van der Waals surface area contributed by atoms with Crippen molar-refractivity contribution in [3.63, 3.8) is 0 Å². The summed E-state index contributed by atoms with van der Waals surface area (Å²) in [6, 6.07) is -1.01. The van der Waals surface area contributed by atoms with Crippen LogP contribution in [0.4, 0.5) is 0 Å². The minimum Gasteiger partial charge on any atom is -0.391 e. The maximum absolute atomic E-state index is 12.4. The molecule has 2 aliphatic heterocycles. The van der Waals surface area contributed by atoms with Crippen molar-refractivity contribution in [2.75, 3.05) is 26.2 Å². The van der Waals surface area contributed by atoms with E-state index >= 15 is 0 Å². The van der Waals surface area contributed by atoms with Crippen LogP contribution in [0.1, 0.15) is 39.0 Å². The smallest absolute Gasteiger partial charge is 0.241 e. The van der Waals surface area contributed by atoms with Gasteiger partial charge in [-0.05, 0) is 38.0 Å². The van der Waals surface area contributed by atoms with Crippen molar-refractivity contribution in [2.45, 2.75) is 57.2 Å². The van der Waals surface area contributed by atoms with Crippen LogP contribution in [0.2, 0.25) is 0 Å². The van der Waals surface area contributed by atoms with Crippen LogP contribution in [0.3, 0.4) is 0 Å². The fraction of sp³-hybridized carbons (Fsp3) is 0.824. The molecule has 140 valence electrons. The number of carbonyl (C=O) groups is 3. The molecular weight excluding hydrogens is 324 g/mol. The molecule has 3 atom stereocenters. The Balaban J connectivity index is 1.48. The highest BCUT2D eigenvalue weighted by atomic mass is 16.3. The number of aliphatic hydroxyl groups excluding tert-OH is 1. The number of β-amino-alcohol motifs (C(OH)–C–C–N with tert-alkyl or cyclic N) is 1. The van der Waals surface area contributed by atoms with Gasteiger partial charge in [-0.25, -0.2) is 0 Å². The van der Waals surface area contributed by atoms with E-state index in [-0.39, 0.29) is 23.3 Å². The van der Waals surface area contributed by atoms with Crippen LogP contribution in [-0.4, -0.2) is 77.0 Å². The summed E-state index contributed by atoms with van der Waals surface area (Å²) in [5, 5.41) is 13.2. The quantitative estimate of drug-likeness (QED) is 0.576. The number of hydrogen-bond donors (Lipinski definition) is 3. The van der Waals surface area contributed by atoms with Gasteiger partial charge in [0.15, 0.2) is 0 Å². The Morgan fingerprint density at radius 2 is 2.08 bits per heavy atom. The molecule has 2 saturated heterocycles. The first-order valence-electron chi connectivity index (χ1n) is 9.13. The van der Waals surface area contributed by atoms with Gasteiger partial charge in [-0.1, -0.05) is 0 Å². The van der Waals surface area contributed by atoms with Gasteiger partial charge in [0.25, 0.3) is 0 Å². The van der Waals surface area contributed by atoms with Crippen LogP contribution in [0, 0.1) is 5.41 Å². The van der Waals surface area contributed by atoms with E-state index in [1.807, 2.05) is 0 Å². The lowest BCUT2D eigenvalue weighted by Gasteiger charge is -2.38. The van der Waals surface area contributed by atoms with E-state index in [1.54, 1.807) is 11.8 Å². The number of amides is 3. The van der Waals surface area contributed by atoms with E-state index in [4.69, 9.17) is 5.73 Å². The van der Waals surface area contributed by atoms with Gasteiger partial charge in [0.1, 0.15) is 6.04 Å². The second kappa shape index (κ2) is 6.92. The van der Waals surface area contributed by atoms with Crippen molar-refractivity contribution < 1.29 is 19.5 Å². The molecule has 25 heavy (non-hydrogen) atoms. The second-order valence-electron chi connectivity index (χ2n) is 7.65. The van der Waals surface area contributed by atoms with Crippen LogP contribution in [0.5, 0.6) is 0 Å². The molecule has 4 N–H and O–H groups in total. The molecule has 0 aromatic rings. The SMILES string of the molecule is C[C@@H]1NC[C@@H](C(N)=O)N(CCCC(=O)N2CCC3(CC3)[C@H](O)C2)C1=O. The van der Waals surface area contributed by atoms with Crippen LogP contribution in [0.15, 0.2) is 0 Å². The average Bonchev–Trinajstić information content (AvgIpc) is 3.34. The normalized spacial score (nSPS) is 31.3. The number of likely N-dealkylation sites (tertiary alicyclic amines) is 1. The van der Waals surface area contributed by atoms with Gasteiger partial charge in [0.05, 0.1) is 12.1 Å². The lowest BCUT2D eigenvalue weighted by Crippen LogP contribution is -2.63. The Hall–Kier alpha value is -1.67. The summed E-state index contributed by atoms with van der Waals surface area (Å²) < 4.78 is 0. The zero-order valence-electron chi connectivity index (χ0n) is 14.7. The molecule has 1 saturated carbocycles. The number of primary amides is 1. The Bertz CT molecular complexity index is 563. The standard InChI is InChI=1S/C17H28N4O4/c1-11-16(25)21(12(9-19-11)15(18)24)7-2-3-14(23)20-8-6-17(4-5-17)13(22)10-20/h11-13,19,22H,2-10H2,1H3,(H2,18,24)/t11-,12-,13+/m0/s1. The van der Waals surface area contributed by atoms with Crippen molar-refractivity contribution in [1.29, 1.82) is 0 Å². The molecule has 3 fully saturated rings. The van der Waals surface area contributed by atoms with Gasteiger partial charge in [0.2, 0.25) is 17.7 Å². The minimum absolute atomic E-state index is 0.000747. The van der Waals surface area contributed by atoms with Crippen molar-refractivity contribution in [2.24, 2.45) is 11.1 Å². The lowest BCUT2D eigenvalue weighted by molar-refractivity contribution is -0.144. The summed E-state index contributed by atoms with van der Waals surface area (Å²) >= 11 is 0. The summed E-state index contributed by atoms with van der Waals surface area (Å²) in [5.41, 5.74) is 5.46. The van der Waals surface area contributed by atoms with Gasteiger partial charge in [-0.3, -0.25) is 14.4 Å². The number of hydrogen-bond acceptors (Lipinski definition) is 5. The number of aliphatic hydroxyl groups is 1. The number of nitrogens with one attached hydrogen (secondary N) is 1. The van der Waals surface area contributed by atoms with Gasteiger partial charge >= 0.3 is 0 Å². The zero-order valence-corrected chi connectivity index (χ0v) is 14.7. The molecule has 1 aliphatic carbocycles. The maximum Gasteiger partial charge on any atom is 0.241 e. The Kier molecular flexibility index (Phi) is 5.02. The first-order chi connectivity index (χ1) is 11.8. The number of carbonyl (C=O) groups excluding carboxylic acids is 3. The van der Waals surface area contributed by atoms with Crippen molar-refractivity contribution >= 4 is 17.7 Å². The molecule has 0 aromatic heterocycles. The summed E-state index contributed by atoms with van der Waals surface area (Å²) in [7, 11) is 0. The predicted octanol–water partition coefficient (Wildman–Crippen LogP) is -1.19. The molecule has 0 unspecified atom stereocenters. The molecule has 3 rings (SSSR count). The highest BCUT2D eigenvalue weighted by Gasteiger charge is 2.51. The summed E-state index contributed by atoms with van der Waals surface area (Å²) in [4.78, 5) is 39.4. The molecule has 2 heterocycles. The van der Waals surface area contributed by atoms with Crippen molar-refractivity contribution in [1.82, 2.24) is 15.1 Å². The second-order valence-corrected chi connectivity index (χ2v) is 7.65. The van der Waals surface area contributed by atoms with Crippen LogP contribution in [0.25, 0.3) is 0 Å². The van der Waals surface area contributed by atoms with Crippen molar-refractivity contribution in [3.05, 3.63) is 0 Å². The highest BCUT2D eigenvalue weighted by molar-refractivity contribution is 5.90. The Morgan fingerprint density at radius 1 is 1.36 bits per heavy atom. The summed E-state index contributed by atoms with van der Waals surface area (Å²) in [5.74, 6) is -0.694. The largest absolute Gasteiger partial charge is 0.391 e. The highest BCUT2D eigenvalue weighted by Crippen LogP contribution is 2.53. The third kappa shape index (κ3) is 3.64. The Morgan fingerprint density at radius 3 is 2.68 bits per heavy atom. The fourth-order valence-corrected chi connectivity index (χ4v) is 3.96. The van der Waals surface area contributed by atoms with Gasteiger partial charge in [-0.2, -0.15) is 0 Å². The van der Waals surface area contributed by atoms with Crippen LogP contribution in [-0.2, 0) is 14.4 Å². The van der Waals surface area contributed by atoms with E-state index < -0.39 is 18.1 Å². The maximum atomic E-state index is 12.4. The molecule has 3 aliphatic rings. The monoisotopic (exact) mass is 352 g/mol. The van der Waals surface area contributed by atoms with E-state index in [1.165, 1.54) is 4.90 Å². The third-order valence-corrected chi connectivity index (χ3v) is 5.99. The number of rotatable bonds is 5. The number of piperazine rings is 1. The van der Waals surface area contributed by atoms with E-state index in [9.17, 15) is 19.5 Å². The van der Waals surface area contributed by atoms with Crippen LogP contribution < -0.4 is 11.1 Å². The topological polar surface area (TPSA) is 116 Å². The molecule has 0 bridgehead atoms. The first-order valence-corrected chi connectivity index (χ1v) is 9.13. The van der Waals surface area contributed by atoms with Gasteiger partial charge < -0.3 is 26.0 Å².